The van der Waals surface area contributed by atoms with Crippen molar-refractivity contribution >= 4 is 11.9 Å². The standard InChI is InChI=1S/C20H22O6/c1-18-9-15(12-5-8-24-10-12)26-17(22)13(18)4-7-19-11-25-16(21)14(19)3-2-6-20(18,19)23/h2-3,5,8,10,13-15,23H,4,6-7,9,11H2,1H3. The average molecular weight is 358 g/mol. The normalized spacial score (nSPS) is 46.8. The van der Waals surface area contributed by atoms with Gasteiger partial charge < -0.3 is 19.0 Å². The highest BCUT2D eigenvalue weighted by Gasteiger charge is 2.73. The molecular weight excluding hydrogens is 336 g/mol. The van der Waals surface area contributed by atoms with Gasteiger partial charge in [0.1, 0.15) is 12.7 Å². The van der Waals surface area contributed by atoms with Crippen LogP contribution in [0.15, 0.2) is 35.2 Å². The molecule has 2 aliphatic carbocycles. The number of furan rings is 1. The van der Waals surface area contributed by atoms with Crippen LogP contribution in [0.4, 0.5) is 0 Å². The van der Waals surface area contributed by atoms with E-state index in [-0.39, 0.29) is 24.5 Å². The van der Waals surface area contributed by atoms with Crippen molar-refractivity contribution in [3.8, 4) is 0 Å². The molecule has 2 saturated heterocycles. The van der Waals surface area contributed by atoms with Crippen LogP contribution >= 0.6 is 0 Å². The SMILES string of the molecule is CC12CC(c3ccoc3)OC(=O)C1CCC13COC(=O)C1C=CCC23O. The van der Waals surface area contributed by atoms with Gasteiger partial charge in [0.2, 0.25) is 0 Å². The van der Waals surface area contributed by atoms with E-state index in [0.717, 1.165) is 5.56 Å². The largest absolute Gasteiger partial charge is 0.472 e. The number of aliphatic hydroxyl groups is 1. The molecule has 138 valence electrons. The van der Waals surface area contributed by atoms with E-state index in [4.69, 9.17) is 13.9 Å². The third kappa shape index (κ3) is 1.71. The van der Waals surface area contributed by atoms with E-state index in [1.165, 1.54) is 0 Å². The maximum absolute atomic E-state index is 12.8. The molecule has 3 heterocycles. The van der Waals surface area contributed by atoms with Crippen LogP contribution in [0.2, 0.25) is 0 Å². The van der Waals surface area contributed by atoms with Crippen LogP contribution < -0.4 is 0 Å². The Morgan fingerprint density at radius 2 is 2.12 bits per heavy atom. The summed E-state index contributed by atoms with van der Waals surface area (Å²) >= 11 is 0. The summed E-state index contributed by atoms with van der Waals surface area (Å²) in [7, 11) is 0. The molecule has 5 rings (SSSR count). The fourth-order valence-corrected chi connectivity index (χ4v) is 6.05. The number of hydrogen-bond donors (Lipinski definition) is 1. The summed E-state index contributed by atoms with van der Waals surface area (Å²) in [4.78, 5) is 25.1. The van der Waals surface area contributed by atoms with E-state index in [2.05, 4.69) is 0 Å². The van der Waals surface area contributed by atoms with E-state index < -0.39 is 28.5 Å². The van der Waals surface area contributed by atoms with Crippen LogP contribution in [0.3, 0.4) is 0 Å². The van der Waals surface area contributed by atoms with Gasteiger partial charge in [-0.15, -0.1) is 0 Å². The molecule has 26 heavy (non-hydrogen) atoms. The van der Waals surface area contributed by atoms with Gasteiger partial charge >= 0.3 is 11.9 Å². The van der Waals surface area contributed by atoms with Crippen molar-refractivity contribution in [3.63, 3.8) is 0 Å². The zero-order valence-electron chi connectivity index (χ0n) is 14.6. The lowest BCUT2D eigenvalue weighted by molar-refractivity contribution is -0.257. The molecule has 1 saturated carbocycles. The maximum atomic E-state index is 12.8. The topological polar surface area (TPSA) is 86.0 Å². The van der Waals surface area contributed by atoms with Gasteiger partial charge in [0.15, 0.2) is 0 Å². The van der Waals surface area contributed by atoms with Gasteiger partial charge in [-0.2, -0.15) is 0 Å². The first-order chi connectivity index (χ1) is 12.4. The fraction of sp³-hybridized carbons (Fsp3) is 0.600. The predicted octanol–water partition coefficient (Wildman–Crippen LogP) is 2.53. The minimum absolute atomic E-state index is 0.213. The fourth-order valence-electron chi connectivity index (χ4n) is 6.05. The molecule has 2 aliphatic heterocycles. The van der Waals surface area contributed by atoms with Gasteiger partial charge in [-0.3, -0.25) is 9.59 Å². The van der Waals surface area contributed by atoms with Crippen LogP contribution in [0.5, 0.6) is 0 Å². The summed E-state index contributed by atoms with van der Waals surface area (Å²) < 4.78 is 16.2. The number of cyclic esters (lactones) is 2. The van der Waals surface area contributed by atoms with Crippen molar-refractivity contribution in [1.82, 2.24) is 0 Å². The third-order valence-electron chi connectivity index (χ3n) is 7.55. The highest BCUT2D eigenvalue weighted by atomic mass is 16.6. The summed E-state index contributed by atoms with van der Waals surface area (Å²) in [5.74, 6) is -1.37. The molecule has 0 bridgehead atoms. The molecule has 6 unspecified atom stereocenters. The summed E-state index contributed by atoms with van der Waals surface area (Å²) in [6.45, 7) is 2.19. The van der Waals surface area contributed by atoms with E-state index in [1.54, 1.807) is 18.6 Å². The van der Waals surface area contributed by atoms with Crippen LogP contribution in [-0.2, 0) is 19.1 Å². The minimum atomic E-state index is -1.20. The second-order valence-electron chi connectivity index (χ2n) is 8.43. The van der Waals surface area contributed by atoms with Gasteiger partial charge in [-0.1, -0.05) is 19.1 Å². The van der Waals surface area contributed by atoms with Crippen molar-refractivity contribution in [1.29, 1.82) is 0 Å². The van der Waals surface area contributed by atoms with E-state index in [1.807, 2.05) is 19.1 Å². The molecule has 6 nitrogen and oxygen atoms in total. The molecule has 1 aromatic rings. The number of carbonyl (C=O) groups excluding carboxylic acids is 2. The molecular formula is C20H22O6. The molecule has 1 spiro atoms. The van der Waals surface area contributed by atoms with Crippen LogP contribution in [-0.4, -0.2) is 29.3 Å². The van der Waals surface area contributed by atoms with Crippen molar-refractivity contribution in [3.05, 3.63) is 36.3 Å². The Hall–Kier alpha value is -2.08. The molecule has 0 aromatic carbocycles. The van der Waals surface area contributed by atoms with Crippen LogP contribution in [0.1, 0.15) is 44.3 Å². The zero-order chi connectivity index (χ0) is 18.2. The molecule has 0 radical (unpaired) electrons. The van der Waals surface area contributed by atoms with Crippen molar-refractivity contribution < 1.29 is 28.6 Å². The van der Waals surface area contributed by atoms with Crippen molar-refractivity contribution in [2.45, 2.75) is 44.3 Å². The molecule has 0 amide bonds. The number of fused-ring (bicyclic) bond motifs is 2. The van der Waals surface area contributed by atoms with Gasteiger partial charge in [-0.25, -0.2) is 0 Å². The van der Waals surface area contributed by atoms with E-state index in [0.29, 0.717) is 25.7 Å². The summed E-state index contributed by atoms with van der Waals surface area (Å²) in [6.07, 6.45) is 8.51. The predicted molar refractivity (Wildman–Crippen MR) is 88.6 cm³/mol. The number of hydrogen-bond acceptors (Lipinski definition) is 6. The minimum Gasteiger partial charge on any atom is -0.472 e. The average Bonchev–Trinajstić information content (AvgIpc) is 3.24. The Morgan fingerprint density at radius 1 is 1.27 bits per heavy atom. The lowest BCUT2D eigenvalue weighted by Gasteiger charge is -2.64. The van der Waals surface area contributed by atoms with Gasteiger partial charge in [0.05, 0.1) is 35.4 Å². The van der Waals surface area contributed by atoms with Crippen LogP contribution in [0.25, 0.3) is 0 Å². The summed E-state index contributed by atoms with van der Waals surface area (Å²) in [5, 5.41) is 12.0. The molecule has 6 atom stereocenters. The first kappa shape index (κ1) is 16.1. The molecule has 1 N–H and O–H groups in total. The van der Waals surface area contributed by atoms with Crippen molar-refractivity contribution in [2.75, 3.05) is 6.61 Å². The van der Waals surface area contributed by atoms with E-state index >= 15 is 0 Å². The Bertz CT molecular complexity index is 797. The van der Waals surface area contributed by atoms with Gasteiger partial charge in [0, 0.05) is 11.0 Å². The number of carbonyl (C=O) groups is 2. The first-order valence-corrected chi connectivity index (χ1v) is 9.20. The lowest BCUT2D eigenvalue weighted by atomic mass is 9.42. The highest BCUT2D eigenvalue weighted by molar-refractivity contribution is 5.80. The quantitative estimate of drug-likeness (QED) is 0.613. The Labute approximate surface area is 151 Å². The summed E-state index contributed by atoms with van der Waals surface area (Å²) in [6, 6.07) is 1.79. The second kappa shape index (κ2) is 5.00. The number of rotatable bonds is 1. The van der Waals surface area contributed by atoms with E-state index in [9.17, 15) is 14.7 Å². The third-order valence-corrected chi connectivity index (χ3v) is 7.55. The maximum Gasteiger partial charge on any atom is 0.313 e. The zero-order valence-corrected chi connectivity index (χ0v) is 14.6. The first-order valence-electron chi connectivity index (χ1n) is 9.20. The highest BCUT2D eigenvalue weighted by Crippen LogP contribution is 2.68. The number of esters is 2. The lowest BCUT2D eigenvalue weighted by Crippen LogP contribution is -2.70. The molecule has 3 fully saturated rings. The smallest absolute Gasteiger partial charge is 0.313 e. The molecule has 4 aliphatic rings. The Morgan fingerprint density at radius 3 is 2.88 bits per heavy atom. The second-order valence-corrected chi connectivity index (χ2v) is 8.43. The number of ether oxygens (including phenoxy) is 2. The summed E-state index contributed by atoms with van der Waals surface area (Å²) in [5.41, 5.74) is -1.78. The molecule has 6 heteroatoms. The van der Waals surface area contributed by atoms with Crippen LogP contribution in [0, 0.1) is 22.7 Å². The Balaban J connectivity index is 1.62. The monoisotopic (exact) mass is 358 g/mol. The molecule has 1 aromatic heterocycles. The van der Waals surface area contributed by atoms with Crippen molar-refractivity contribution in [2.24, 2.45) is 22.7 Å². The van der Waals surface area contributed by atoms with Gasteiger partial charge in [0.25, 0.3) is 0 Å². The van der Waals surface area contributed by atoms with Gasteiger partial charge in [-0.05, 0) is 31.7 Å². The Kier molecular flexibility index (Phi) is 3.10.